The molecule has 0 aliphatic rings. The van der Waals surface area contributed by atoms with Gasteiger partial charge in [0.25, 0.3) is 0 Å². The van der Waals surface area contributed by atoms with Crippen LogP contribution in [0.15, 0.2) is 52.1 Å². The van der Waals surface area contributed by atoms with Crippen LogP contribution in [0.5, 0.6) is 0 Å². The highest BCUT2D eigenvalue weighted by Crippen LogP contribution is 2.25. The predicted molar refractivity (Wildman–Crippen MR) is 86.8 cm³/mol. The van der Waals surface area contributed by atoms with Crippen LogP contribution in [-0.4, -0.2) is 16.6 Å². The number of nitrogen functional groups attached to an aromatic ring is 1. The van der Waals surface area contributed by atoms with Crippen molar-refractivity contribution in [1.29, 1.82) is 0 Å². The number of halogens is 1. The van der Waals surface area contributed by atoms with Crippen molar-refractivity contribution in [3.63, 3.8) is 0 Å². The van der Waals surface area contributed by atoms with E-state index in [-0.39, 0.29) is 5.91 Å². The van der Waals surface area contributed by atoms with Gasteiger partial charge < -0.3 is 11.1 Å². The summed E-state index contributed by atoms with van der Waals surface area (Å²) >= 11 is 4.98. The number of benzene rings is 1. The first-order valence-corrected chi connectivity index (χ1v) is 7.82. The maximum atomic E-state index is 11.8. The zero-order valence-electron chi connectivity index (χ0n) is 10.7. The van der Waals surface area contributed by atoms with Gasteiger partial charge in [0.2, 0.25) is 5.91 Å². The minimum absolute atomic E-state index is 0.0191. The molecule has 104 valence electrons. The number of nitrogens with one attached hydrogen (secondary N) is 1. The van der Waals surface area contributed by atoms with Gasteiger partial charge in [-0.05, 0) is 52.3 Å². The van der Waals surface area contributed by atoms with Crippen LogP contribution >= 0.6 is 27.7 Å². The molecule has 0 saturated heterocycles. The maximum Gasteiger partial charge on any atom is 0.225 e. The molecule has 1 aromatic carbocycles. The number of aromatic nitrogens is 1. The Hall–Kier alpha value is -1.53. The lowest BCUT2D eigenvalue weighted by molar-refractivity contribution is -0.115. The van der Waals surface area contributed by atoms with Crippen LogP contribution in [0, 0.1) is 0 Å². The van der Waals surface area contributed by atoms with Crippen molar-refractivity contribution >= 4 is 45.0 Å². The van der Waals surface area contributed by atoms with E-state index >= 15 is 0 Å². The first kappa shape index (κ1) is 14.9. The molecule has 2 aromatic rings. The van der Waals surface area contributed by atoms with E-state index in [1.54, 1.807) is 42.2 Å². The Morgan fingerprint density at radius 2 is 2.05 bits per heavy atom. The number of rotatable bonds is 5. The van der Waals surface area contributed by atoms with Crippen molar-refractivity contribution < 1.29 is 4.79 Å². The number of hydrogen-bond acceptors (Lipinski definition) is 4. The Kier molecular flexibility index (Phi) is 5.43. The maximum absolute atomic E-state index is 11.8. The molecule has 0 aliphatic heterocycles. The van der Waals surface area contributed by atoms with Crippen molar-refractivity contribution in [2.75, 3.05) is 16.8 Å². The largest absolute Gasteiger partial charge is 0.399 e. The van der Waals surface area contributed by atoms with Crippen molar-refractivity contribution in [3.05, 3.63) is 47.1 Å². The topological polar surface area (TPSA) is 68.0 Å². The fraction of sp³-hybridized carbons (Fsp3) is 0.143. The standard InChI is InChI=1S/C14H14BrN3OS/c15-12-2-1-8-17-14(12)20-9-7-13(19)18-11-5-3-10(16)4-6-11/h1-6,8H,7,9,16H2,(H,18,19). The zero-order valence-corrected chi connectivity index (χ0v) is 13.1. The summed E-state index contributed by atoms with van der Waals surface area (Å²) in [4.78, 5) is 16.0. The number of carbonyl (C=O) groups is 1. The van der Waals surface area contributed by atoms with E-state index in [1.165, 1.54) is 0 Å². The highest BCUT2D eigenvalue weighted by Gasteiger charge is 2.05. The molecule has 3 N–H and O–H groups in total. The monoisotopic (exact) mass is 351 g/mol. The minimum atomic E-state index is -0.0191. The molecule has 0 radical (unpaired) electrons. The van der Waals surface area contributed by atoms with E-state index in [0.717, 1.165) is 15.2 Å². The summed E-state index contributed by atoms with van der Waals surface area (Å²) in [6.45, 7) is 0. The number of nitrogens with zero attached hydrogens (tertiary/aromatic N) is 1. The van der Waals surface area contributed by atoms with E-state index in [1.807, 2.05) is 12.1 Å². The fourth-order valence-corrected chi connectivity index (χ4v) is 2.93. The molecule has 0 bridgehead atoms. The lowest BCUT2D eigenvalue weighted by Gasteiger charge is -2.06. The summed E-state index contributed by atoms with van der Waals surface area (Å²) in [6, 6.07) is 10.9. The van der Waals surface area contributed by atoms with E-state index < -0.39 is 0 Å². The van der Waals surface area contributed by atoms with Crippen LogP contribution < -0.4 is 11.1 Å². The summed E-state index contributed by atoms with van der Waals surface area (Å²) in [5.74, 6) is 0.658. The normalized spacial score (nSPS) is 10.2. The highest BCUT2D eigenvalue weighted by molar-refractivity contribution is 9.10. The lowest BCUT2D eigenvalue weighted by Crippen LogP contribution is -2.12. The molecule has 0 saturated carbocycles. The Balaban J connectivity index is 1.78. The van der Waals surface area contributed by atoms with Gasteiger partial charge in [0.1, 0.15) is 5.03 Å². The predicted octanol–water partition coefficient (Wildman–Crippen LogP) is 3.55. The molecule has 4 nitrogen and oxygen atoms in total. The molecule has 20 heavy (non-hydrogen) atoms. The van der Waals surface area contributed by atoms with E-state index in [4.69, 9.17) is 5.73 Å². The summed E-state index contributed by atoms with van der Waals surface area (Å²) in [5, 5.41) is 3.73. The smallest absolute Gasteiger partial charge is 0.225 e. The third-order valence-corrected chi connectivity index (χ3v) is 4.40. The molecule has 1 heterocycles. The minimum Gasteiger partial charge on any atom is -0.399 e. The van der Waals surface area contributed by atoms with Crippen molar-refractivity contribution in [2.45, 2.75) is 11.4 Å². The molecule has 0 aliphatic carbocycles. The van der Waals surface area contributed by atoms with Gasteiger partial charge in [0.05, 0.1) is 0 Å². The molecule has 0 spiro atoms. The average Bonchev–Trinajstić information content (AvgIpc) is 2.43. The van der Waals surface area contributed by atoms with Crippen LogP contribution in [0.2, 0.25) is 0 Å². The van der Waals surface area contributed by atoms with Crippen molar-refractivity contribution in [3.8, 4) is 0 Å². The second kappa shape index (κ2) is 7.31. The first-order valence-electron chi connectivity index (χ1n) is 6.04. The molecule has 0 unspecified atom stereocenters. The number of thioether (sulfide) groups is 1. The fourth-order valence-electron chi connectivity index (χ4n) is 1.51. The van der Waals surface area contributed by atoms with Crippen LogP contribution in [-0.2, 0) is 4.79 Å². The highest BCUT2D eigenvalue weighted by atomic mass is 79.9. The third kappa shape index (κ3) is 4.54. The molecule has 0 fully saturated rings. The molecule has 1 amide bonds. The number of nitrogens with two attached hydrogens (primary N) is 1. The van der Waals surface area contributed by atoms with Crippen LogP contribution in [0.1, 0.15) is 6.42 Å². The van der Waals surface area contributed by atoms with Gasteiger partial charge in [-0.15, -0.1) is 11.8 Å². The second-order valence-corrected chi connectivity index (χ2v) is 6.00. The number of hydrogen-bond donors (Lipinski definition) is 2. The molecule has 1 aromatic heterocycles. The second-order valence-electron chi connectivity index (χ2n) is 4.06. The van der Waals surface area contributed by atoms with Crippen LogP contribution in [0.25, 0.3) is 0 Å². The van der Waals surface area contributed by atoms with E-state index in [2.05, 4.69) is 26.2 Å². The zero-order chi connectivity index (χ0) is 14.4. The van der Waals surface area contributed by atoms with Gasteiger partial charge in [-0.2, -0.15) is 0 Å². The molecule has 0 atom stereocenters. The van der Waals surface area contributed by atoms with Crippen LogP contribution in [0.4, 0.5) is 11.4 Å². The molecule has 2 rings (SSSR count). The number of pyridine rings is 1. The quantitative estimate of drug-likeness (QED) is 0.638. The van der Waals surface area contributed by atoms with Gasteiger partial charge in [0, 0.05) is 34.2 Å². The molecular formula is C14H14BrN3OS. The SMILES string of the molecule is Nc1ccc(NC(=O)CCSc2ncccc2Br)cc1. The lowest BCUT2D eigenvalue weighted by atomic mass is 10.3. The summed E-state index contributed by atoms with van der Waals surface area (Å²) in [5.41, 5.74) is 7.03. The Morgan fingerprint density at radius 1 is 1.30 bits per heavy atom. The summed E-state index contributed by atoms with van der Waals surface area (Å²) in [6.07, 6.45) is 2.17. The van der Waals surface area contributed by atoms with E-state index in [9.17, 15) is 4.79 Å². The van der Waals surface area contributed by atoms with Crippen molar-refractivity contribution in [2.24, 2.45) is 0 Å². The number of anilines is 2. The number of amides is 1. The van der Waals surface area contributed by atoms with Crippen LogP contribution in [0.3, 0.4) is 0 Å². The van der Waals surface area contributed by atoms with Gasteiger partial charge >= 0.3 is 0 Å². The average molecular weight is 352 g/mol. The van der Waals surface area contributed by atoms with Gasteiger partial charge in [-0.1, -0.05) is 0 Å². The van der Waals surface area contributed by atoms with Crippen molar-refractivity contribution in [1.82, 2.24) is 4.98 Å². The van der Waals surface area contributed by atoms with E-state index in [0.29, 0.717) is 17.9 Å². The van der Waals surface area contributed by atoms with Gasteiger partial charge in [-0.3, -0.25) is 4.79 Å². The molecular weight excluding hydrogens is 338 g/mol. The Morgan fingerprint density at radius 3 is 2.75 bits per heavy atom. The Bertz CT molecular complexity index is 589. The summed E-state index contributed by atoms with van der Waals surface area (Å²) in [7, 11) is 0. The van der Waals surface area contributed by atoms with Gasteiger partial charge in [0.15, 0.2) is 0 Å². The third-order valence-electron chi connectivity index (χ3n) is 2.49. The molecule has 6 heteroatoms. The number of carbonyl (C=O) groups excluding carboxylic acids is 1. The first-order chi connectivity index (χ1) is 9.65. The van der Waals surface area contributed by atoms with Gasteiger partial charge in [-0.25, -0.2) is 4.98 Å². The summed E-state index contributed by atoms with van der Waals surface area (Å²) < 4.78 is 0.948. The Labute approximate surface area is 130 Å².